The van der Waals surface area contributed by atoms with Crippen molar-refractivity contribution in [2.24, 2.45) is 0 Å². The highest BCUT2D eigenvalue weighted by atomic mass is 35.5. The maximum absolute atomic E-state index is 11.9. The molecule has 0 aromatic heterocycles. The number of nitro groups is 1. The lowest BCUT2D eigenvalue weighted by Crippen LogP contribution is -2.11. The number of aromatic hydroxyl groups is 1. The highest BCUT2D eigenvalue weighted by Gasteiger charge is 2.10. The number of phenols is 1. The summed E-state index contributed by atoms with van der Waals surface area (Å²) in [7, 11) is 0. The van der Waals surface area contributed by atoms with E-state index in [2.05, 4.69) is 5.32 Å². The van der Waals surface area contributed by atoms with Crippen LogP contribution >= 0.6 is 11.6 Å². The number of hydrogen-bond donors (Lipinski definition) is 2. The Bertz CT molecular complexity index is 671. The summed E-state index contributed by atoms with van der Waals surface area (Å²) in [6, 6.07) is 9.46. The van der Waals surface area contributed by atoms with Gasteiger partial charge in [0.2, 0.25) is 0 Å². The largest absolute Gasteiger partial charge is 0.506 e. The van der Waals surface area contributed by atoms with Gasteiger partial charge >= 0.3 is 0 Å². The van der Waals surface area contributed by atoms with E-state index in [0.717, 1.165) is 0 Å². The Morgan fingerprint density at radius 1 is 1.20 bits per heavy atom. The standard InChI is InChI=1S/C13H9ClN2O4/c14-11-7-9(3-6-12(11)17)15-13(18)8-1-4-10(5-2-8)16(19)20/h1-7,17H,(H,15,18). The predicted molar refractivity (Wildman–Crippen MR) is 74.2 cm³/mol. The summed E-state index contributed by atoms with van der Waals surface area (Å²) in [6.07, 6.45) is 0. The molecule has 2 aromatic rings. The number of phenolic OH excluding ortho intramolecular Hbond substituents is 1. The maximum atomic E-state index is 11.9. The third-order valence-electron chi connectivity index (χ3n) is 2.55. The molecular formula is C13H9ClN2O4. The summed E-state index contributed by atoms with van der Waals surface area (Å²) in [5.74, 6) is -0.512. The number of non-ortho nitro benzene ring substituents is 1. The lowest BCUT2D eigenvalue weighted by atomic mass is 10.2. The monoisotopic (exact) mass is 292 g/mol. The van der Waals surface area contributed by atoms with Crippen LogP contribution in [0.3, 0.4) is 0 Å². The highest BCUT2D eigenvalue weighted by Crippen LogP contribution is 2.26. The average molecular weight is 293 g/mol. The first-order chi connectivity index (χ1) is 9.47. The molecule has 20 heavy (non-hydrogen) atoms. The van der Waals surface area contributed by atoms with Crippen LogP contribution in [0.15, 0.2) is 42.5 Å². The number of hydrogen-bond acceptors (Lipinski definition) is 4. The minimum Gasteiger partial charge on any atom is -0.506 e. The molecule has 102 valence electrons. The lowest BCUT2D eigenvalue weighted by Gasteiger charge is -2.06. The Kier molecular flexibility index (Phi) is 3.86. The number of nitro benzene ring substituents is 1. The van der Waals surface area contributed by atoms with Gasteiger partial charge in [0.05, 0.1) is 9.95 Å². The van der Waals surface area contributed by atoms with Crippen LogP contribution in [-0.4, -0.2) is 15.9 Å². The van der Waals surface area contributed by atoms with Gasteiger partial charge in [-0.25, -0.2) is 0 Å². The fraction of sp³-hybridized carbons (Fsp3) is 0. The van der Waals surface area contributed by atoms with Crippen LogP contribution in [0.1, 0.15) is 10.4 Å². The predicted octanol–water partition coefficient (Wildman–Crippen LogP) is 3.21. The zero-order chi connectivity index (χ0) is 14.7. The van der Waals surface area contributed by atoms with Crippen molar-refractivity contribution < 1.29 is 14.8 Å². The first-order valence-electron chi connectivity index (χ1n) is 5.51. The minimum absolute atomic E-state index is 0.0833. The summed E-state index contributed by atoms with van der Waals surface area (Å²) in [5.41, 5.74) is 0.602. The molecule has 0 aliphatic heterocycles. The first-order valence-corrected chi connectivity index (χ1v) is 5.89. The smallest absolute Gasteiger partial charge is 0.269 e. The molecule has 0 radical (unpaired) electrons. The van der Waals surface area contributed by atoms with Crippen molar-refractivity contribution in [3.63, 3.8) is 0 Å². The Morgan fingerprint density at radius 2 is 1.85 bits per heavy atom. The summed E-state index contributed by atoms with van der Waals surface area (Å²) in [6.45, 7) is 0. The number of carbonyl (C=O) groups is 1. The molecule has 0 heterocycles. The fourth-order valence-electron chi connectivity index (χ4n) is 1.52. The number of anilines is 1. The number of rotatable bonds is 3. The topological polar surface area (TPSA) is 92.5 Å². The van der Waals surface area contributed by atoms with Gasteiger partial charge in [-0.2, -0.15) is 0 Å². The van der Waals surface area contributed by atoms with Crippen molar-refractivity contribution in [3.8, 4) is 5.75 Å². The van der Waals surface area contributed by atoms with Gasteiger partial charge in [-0.05, 0) is 30.3 Å². The van der Waals surface area contributed by atoms with Gasteiger partial charge < -0.3 is 10.4 Å². The van der Waals surface area contributed by atoms with E-state index >= 15 is 0 Å². The molecule has 0 saturated heterocycles. The van der Waals surface area contributed by atoms with Crippen LogP contribution in [0.2, 0.25) is 5.02 Å². The second-order valence-electron chi connectivity index (χ2n) is 3.92. The number of carbonyl (C=O) groups excluding carboxylic acids is 1. The SMILES string of the molecule is O=C(Nc1ccc(O)c(Cl)c1)c1ccc([N+](=O)[O-])cc1. The molecule has 0 fully saturated rings. The van der Waals surface area contributed by atoms with Gasteiger partial charge in [-0.3, -0.25) is 14.9 Å². The van der Waals surface area contributed by atoms with Gasteiger partial charge in [0.25, 0.3) is 11.6 Å². The number of nitrogens with zero attached hydrogens (tertiary/aromatic N) is 1. The zero-order valence-corrected chi connectivity index (χ0v) is 10.8. The number of nitrogens with one attached hydrogen (secondary N) is 1. The van der Waals surface area contributed by atoms with Gasteiger partial charge in [0.1, 0.15) is 5.75 Å². The molecule has 0 aliphatic rings. The quantitative estimate of drug-likeness (QED) is 0.516. The van der Waals surface area contributed by atoms with Crippen molar-refractivity contribution >= 4 is 28.9 Å². The van der Waals surface area contributed by atoms with E-state index in [1.165, 1.54) is 42.5 Å². The molecule has 2 aromatic carbocycles. The maximum Gasteiger partial charge on any atom is 0.269 e. The highest BCUT2D eigenvalue weighted by molar-refractivity contribution is 6.32. The minimum atomic E-state index is -0.540. The van der Waals surface area contributed by atoms with E-state index < -0.39 is 10.8 Å². The van der Waals surface area contributed by atoms with Crippen LogP contribution in [0, 0.1) is 10.1 Å². The van der Waals surface area contributed by atoms with Crippen LogP contribution < -0.4 is 5.32 Å². The van der Waals surface area contributed by atoms with E-state index in [0.29, 0.717) is 5.69 Å². The third-order valence-corrected chi connectivity index (χ3v) is 2.85. The van der Waals surface area contributed by atoms with E-state index in [1.807, 2.05) is 0 Å². The molecule has 0 spiro atoms. The van der Waals surface area contributed by atoms with Crippen molar-refractivity contribution in [3.05, 3.63) is 63.2 Å². The summed E-state index contributed by atoms with van der Waals surface area (Å²) in [4.78, 5) is 21.9. The molecule has 1 amide bonds. The van der Waals surface area contributed by atoms with Crippen molar-refractivity contribution in [2.45, 2.75) is 0 Å². The molecule has 6 nitrogen and oxygen atoms in total. The normalized spacial score (nSPS) is 10.1. The van der Waals surface area contributed by atoms with Crippen molar-refractivity contribution in [2.75, 3.05) is 5.32 Å². The molecule has 0 unspecified atom stereocenters. The van der Waals surface area contributed by atoms with Crippen LogP contribution in [0.25, 0.3) is 0 Å². The molecule has 7 heteroatoms. The Balaban J connectivity index is 2.15. The number of amides is 1. The lowest BCUT2D eigenvalue weighted by molar-refractivity contribution is -0.384. The van der Waals surface area contributed by atoms with E-state index in [9.17, 15) is 20.0 Å². The van der Waals surface area contributed by atoms with Gasteiger partial charge in [-0.15, -0.1) is 0 Å². The molecule has 2 rings (SSSR count). The van der Waals surface area contributed by atoms with Crippen molar-refractivity contribution in [1.29, 1.82) is 0 Å². The molecular weight excluding hydrogens is 284 g/mol. The Labute approximate surface area is 118 Å². The van der Waals surface area contributed by atoms with Crippen molar-refractivity contribution in [1.82, 2.24) is 0 Å². The summed E-state index contributed by atoms with van der Waals surface area (Å²) < 4.78 is 0. The molecule has 0 atom stereocenters. The van der Waals surface area contributed by atoms with Crippen LogP contribution in [0.4, 0.5) is 11.4 Å². The fourth-order valence-corrected chi connectivity index (χ4v) is 1.70. The Hall–Kier alpha value is -2.60. The first kappa shape index (κ1) is 13.8. The van der Waals surface area contributed by atoms with Crippen LogP contribution in [0.5, 0.6) is 5.75 Å². The zero-order valence-electron chi connectivity index (χ0n) is 10.0. The van der Waals surface area contributed by atoms with Gasteiger partial charge in [-0.1, -0.05) is 11.6 Å². The number of halogens is 1. The van der Waals surface area contributed by atoms with E-state index in [4.69, 9.17) is 11.6 Å². The molecule has 0 bridgehead atoms. The van der Waals surface area contributed by atoms with Gasteiger partial charge in [0, 0.05) is 23.4 Å². The molecule has 0 aliphatic carbocycles. The third kappa shape index (κ3) is 3.04. The number of benzene rings is 2. The summed E-state index contributed by atoms with van der Waals surface area (Å²) in [5, 5.41) is 22.5. The molecule has 0 saturated carbocycles. The molecule has 2 N–H and O–H groups in total. The van der Waals surface area contributed by atoms with Gasteiger partial charge in [0.15, 0.2) is 0 Å². The average Bonchev–Trinajstić information content (AvgIpc) is 2.43. The van der Waals surface area contributed by atoms with Crippen LogP contribution in [-0.2, 0) is 0 Å². The van der Waals surface area contributed by atoms with E-state index in [1.54, 1.807) is 0 Å². The summed E-state index contributed by atoms with van der Waals surface area (Å²) >= 11 is 5.72. The van der Waals surface area contributed by atoms with E-state index in [-0.39, 0.29) is 22.0 Å². The second-order valence-corrected chi connectivity index (χ2v) is 4.33. The second kappa shape index (κ2) is 5.58. The Morgan fingerprint density at radius 3 is 2.40 bits per heavy atom.